The van der Waals surface area contributed by atoms with Crippen molar-refractivity contribution in [2.75, 3.05) is 13.6 Å². The van der Waals surface area contributed by atoms with Crippen LogP contribution in [0.2, 0.25) is 0 Å². The molecule has 0 spiro atoms. The van der Waals surface area contributed by atoms with Gasteiger partial charge < -0.3 is 10.2 Å². The first-order valence-electron chi connectivity index (χ1n) is 5.99. The summed E-state index contributed by atoms with van der Waals surface area (Å²) in [5, 5.41) is 3.19. The van der Waals surface area contributed by atoms with Gasteiger partial charge in [-0.3, -0.25) is 9.78 Å². The van der Waals surface area contributed by atoms with Crippen molar-refractivity contribution in [2.45, 2.75) is 32.9 Å². The van der Waals surface area contributed by atoms with Crippen LogP contribution in [0.5, 0.6) is 0 Å². The minimum atomic E-state index is 0.106. The van der Waals surface area contributed by atoms with E-state index in [0.29, 0.717) is 19.1 Å². The summed E-state index contributed by atoms with van der Waals surface area (Å²) in [6.07, 6.45) is 4.54. The largest absolute Gasteiger partial charge is 0.340 e. The van der Waals surface area contributed by atoms with Crippen molar-refractivity contribution >= 4 is 5.91 Å². The van der Waals surface area contributed by atoms with Gasteiger partial charge in [0, 0.05) is 32.0 Å². The van der Waals surface area contributed by atoms with Gasteiger partial charge in [0.1, 0.15) is 0 Å². The molecule has 0 aliphatic heterocycles. The van der Waals surface area contributed by atoms with Crippen LogP contribution in [0.3, 0.4) is 0 Å². The van der Waals surface area contributed by atoms with Crippen LogP contribution >= 0.6 is 0 Å². The fraction of sp³-hybridized carbons (Fsp3) is 0.538. The normalized spacial score (nSPS) is 12.2. The quantitative estimate of drug-likeness (QED) is 0.811. The highest BCUT2D eigenvalue weighted by Crippen LogP contribution is 2.00. The molecule has 0 saturated carbocycles. The molecule has 4 nitrogen and oxygen atoms in total. The Kier molecular flexibility index (Phi) is 5.63. The number of carbonyl (C=O) groups excluding carboxylic acids is 1. The van der Waals surface area contributed by atoms with Crippen LogP contribution in [0, 0.1) is 0 Å². The maximum Gasteiger partial charge on any atom is 0.236 e. The molecule has 1 amide bonds. The Morgan fingerprint density at radius 1 is 1.59 bits per heavy atom. The third-order valence-corrected chi connectivity index (χ3v) is 2.78. The molecule has 0 aromatic carbocycles. The number of likely N-dealkylation sites (N-methyl/N-ethyl adjacent to an activating group) is 1. The second kappa shape index (κ2) is 7.01. The third kappa shape index (κ3) is 4.95. The fourth-order valence-corrected chi connectivity index (χ4v) is 1.39. The number of amides is 1. The molecular formula is C13H21N3O. The van der Waals surface area contributed by atoms with E-state index in [9.17, 15) is 4.79 Å². The summed E-state index contributed by atoms with van der Waals surface area (Å²) in [5.41, 5.74) is 1.05. The minimum Gasteiger partial charge on any atom is -0.340 e. The molecule has 4 heteroatoms. The maximum atomic E-state index is 11.8. The molecular weight excluding hydrogens is 214 g/mol. The highest BCUT2D eigenvalue weighted by Gasteiger charge is 2.09. The zero-order valence-corrected chi connectivity index (χ0v) is 10.8. The van der Waals surface area contributed by atoms with Gasteiger partial charge in [0.15, 0.2) is 0 Å². The van der Waals surface area contributed by atoms with Crippen molar-refractivity contribution in [1.29, 1.82) is 0 Å². The lowest BCUT2D eigenvalue weighted by Gasteiger charge is -2.19. The number of carbonyl (C=O) groups is 1. The predicted molar refractivity (Wildman–Crippen MR) is 68.5 cm³/mol. The van der Waals surface area contributed by atoms with Gasteiger partial charge in [-0.25, -0.2) is 0 Å². The topological polar surface area (TPSA) is 45.2 Å². The van der Waals surface area contributed by atoms with E-state index in [4.69, 9.17) is 0 Å². The number of nitrogens with zero attached hydrogens (tertiary/aromatic N) is 2. The summed E-state index contributed by atoms with van der Waals surface area (Å²) in [6, 6.07) is 4.23. The van der Waals surface area contributed by atoms with Crippen LogP contribution in [0.4, 0.5) is 0 Å². The van der Waals surface area contributed by atoms with Crippen LogP contribution in [-0.4, -0.2) is 35.4 Å². The molecule has 0 fully saturated rings. The van der Waals surface area contributed by atoms with Crippen molar-refractivity contribution < 1.29 is 4.79 Å². The Morgan fingerprint density at radius 3 is 2.94 bits per heavy atom. The first-order valence-corrected chi connectivity index (χ1v) is 5.99. The fourth-order valence-electron chi connectivity index (χ4n) is 1.39. The van der Waals surface area contributed by atoms with E-state index in [-0.39, 0.29) is 5.91 Å². The summed E-state index contributed by atoms with van der Waals surface area (Å²) >= 11 is 0. The van der Waals surface area contributed by atoms with Gasteiger partial charge in [0.2, 0.25) is 5.91 Å². The Balaban J connectivity index is 2.37. The summed E-state index contributed by atoms with van der Waals surface area (Å²) in [4.78, 5) is 17.6. The molecule has 1 unspecified atom stereocenters. The number of rotatable bonds is 6. The van der Waals surface area contributed by atoms with Gasteiger partial charge in [0.05, 0.1) is 6.54 Å². The third-order valence-electron chi connectivity index (χ3n) is 2.78. The molecule has 1 atom stereocenters. The van der Waals surface area contributed by atoms with Crippen molar-refractivity contribution in [1.82, 2.24) is 15.2 Å². The van der Waals surface area contributed by atoms with Crippen LogP contribution in [0.25, 0.3) is 0 Å². The van der Waals surface area contributed by atoms with E-state index in [1.165, 1.54) is 0 Å². The second-order valence-electron chi connectivity index (χ2n) is 4.30. The van der Waals surface area contributed by atoms with Crippen LogP contribution in [0.1, 0.15) is 25.8 Å². The monoisotopic (exact) mass is 235 g/mol. The van der Waals surface area contributed by atoms with Crippen molar-refractivity contribution in [3.05, 3.63) is 30.1 Å². The molecule has 0 aliphatic rings. The van der Waals surface area contributed by atoms with E-state index in [2.05, 4.69) is 24.1 Å². The van der Waals surface area contributed by atoms with E-state index >= 15 is 0 Å². The lowest BCUT2D eigenvalue weighted by atomic mass is 10.2. The Bertz CT molecular complexity index is 340. The van der Waals surface area contributed by atoms with Crippen LogP contribution in [-0.2, 0) is 11.3 Å². The first kappa shape index (κ1) is 13.6. The van der Waals surface area contributed by atoms with Crippen LogP contribution in [0.15, 0.2) is 24.5 Å². The molecule has 1 aromatic heterocycles. The van der Waals surface area contributed by atoms with E-state index < -0.39 is 0 Å². The molecule has 0 saturated heterocycles. The summed E-state index contributed by atoms with van der Waals surface area (Å²) in [5.74, 6) is 0.106. The number of pyridine rings is 1. The second-order valence-corrected chi connectivity index (χ2v) is 4.30. The van der Waals surface area contributed by atoms with Gasteiger partial charge in [0.25, 0.3) is 0 Å². The summed E-state index contributed by atoms with van der Waals surface area (Å²) < 4.78 is 0. The predicted octanol–water partition coefficient (Wildman–Crippen LogP) is 1.43. The molecule has 1 heterocycles. The lowest BCUT2D eigenvalue weighted by molar-refractivity contribution is -0.129. The Labute approximate surface area is 103 Å². The van der Waals surface area contributed by atoms with Gasteiger partial charge >= 0.3 is 0 Å². The van der Waals surface area contributed by atoms with Gasteiger partial charge in [-0.2, -0.15) is 0 Å². The number of hydrogen-bond donors (Lipinski definition) is 1. The average molecular weight is 235 g/mol. The summed E-state index contributed by atoms with van der Waals surface area (Å²) in [7, 11) is 1.81. The van der Waals surface area contributed by atoms with Gasteiger partial charge in [-0.15, -0.1) is 0 Å². The number of hydrogen-bond acceptors (Lipinski definition) is 3. The average Bonchev–Trinajstić information content (AvgIpc) is 2.36. The van der Waals surface area contributed by atoms with Gasteiger partial charge in [-0.05, 0) is 25.0 Å². The smallest absolute Gasteiger partial charge is 0.236 e. The molecule has 0 aliphatic carbocycles. The Hall–Kier alpha value is -1.42. The highest BCUT2D eigenvalue weighted by atomic mass is 16.2. The molecule has 0 bridgehead atoms. The zero-order chi connectivity index (χ0) is 12.7. The molecule has 1 N–H and O–H groups in total. The standard InChI is InChI=1S/C13H21N3O/c1-4-11(2)15-9-13(17)16(3)10-12-6-5-7-14-8-12/h5-8,11,15H,4,9-10H2,1-3H3. The maximum absolute atomic E-state index is 11.8. The van der Waals surface area contributed by atoms with Crippen LogP contribution < -0.4 is 5.32 Å². The van der Waals surface area contributed by atoms with E-state index in [1.807, 2.05) is 19.2 Å². The number of nitrogens with one attached hydrogen (secondary N) is 1. The number of aromatic nitrogens is 1. The van der Waals surface area contributed by atoms with E-state index in [0.717, 1.165) is 12.0 Å². The van der Waals surface area contributed by atoms with Crippen molar-refractivity contribution in [3.63, 3.8) is 0 Å². The highest BCUT2D eigenvalue weighted by molar-refractivity contribution is 5.77. The zero-order valence-electron chi connectivity index (χ0n) is 10.8. The summed E-state index contributed by atoms with van der Waals surface area (Å²) in [6.45, 7) is 5.18. The minimum absolute atomic E-state index is 0.106. The molecule has 17 heavy (non-hydrogen) atoms. The SMILES string of the molecule is CCC(C)NCC(=O)N(C)Cc1cccnc1. The molecule has 1 aromatic rings. The molecule has 94 valence electrons. The van der Waals surface area contributed by atoms with E-state index in [1.54, 1.807) is 17.3 Å². The first-order chi connectivity index (χ1) is 8.13. The van der Waals surface area contributed by atoms with Crippen molar-refractivity contribution in [3.8, 4) is 0 Å². The molecule has 1 rings (SSSR count). The van der Waals surface area contributed by atoms with Gasteiger partial charge in [-0.1, -0.05) is 13.0 Å². The Morgan fingerprint density at radius 2 is 2.35 bits per heavy atom. The lowest BCUT2D eigenvalue weighted by Crippen LogP contribution is -2.38. The molecule has 0 radical (unpaired) electrons. The van der Waals surface area contributed by atoms with Crippen molar-refractivity contribution in [2.24, 2.45) is 0 Å².